The minimum absolute atomic E-state index is 0.0171. The number of aliphatic hydroxyl groups excluding tert-OH is 1. The van der Waals surface area contributed by atoms with Gasteiger partial charge < -0.3 is 20.5 Å². The Hall–Kier alpha value is -0.810. The molecule has 1 aliphatic rings. The zero-order chi connectivity index (χ0) is 13.1. The van der Waals surface area contributed by atoms with Gasteiger partial charge >= 0.3 is 0 Å². The molecule has 2 rings (SSSR count). The number of nitrogens with two attached hydrogens (primary N) is 1. The fourth-order valence-electron chi connectivity index (χ4n) is 2.41. The number of nitrogens with zero attached hydrogens (tertiary/aromatic N) is 1. The van der Waals surface area contributed by atoms with E-state index in [2.05, 4.69) is 4.90 Å². The van der Waals surface area contributed by atoms with Crippen LogP contribution >= 0.6 is 11.6 Å². The van der Waals surface area contributed by atoms with Gasteiger partial charge in [-0.1, -0.05) is 23.7 Å². The van der Waals surface area contributed by atoms with Crippen LogP contribution in [-0.2, 0) is 11.3 Å². The monoisotopic (exact) mass is 270 g/mol. The van der Waals surface area contributed by atoms with Crippen molar-refractivity contribution in [2.24, 2.45) is 5.73 Å². The Kier molecular flexibility index (Phi) is 4.45. The van der Waals surface area contributed by atoms with E-state index in [1.165, 1.54) is 0 Å². The lowest BCUT2D eigenvalue weighted by atomic mass is 10.1. The molecule has 1 fully saturated rings. The number of ether oxygens (including phenoxy) is 1. The van der Waals surface area contributed by atoms with Crippen molar-refractivity contribution >= 4 is 17.3 Å². The molecule has 0 bridgehead atoms. The Balaban J connectivity index is 2.30. The lowest BCUT2D eigenvalue weighted by Gasteiger charge is -2.38. The second kappa shape index (κ2) is 5.89. The normalized spacial score (nSPS) is 24.3. The first-order valence-corrected chi connectivity index (χ1v) is 6.52. The third kappa shape index (κ3) is 2.78. The fraction of sp³-hybridized carbons (Fsp3) is 0.538. The van der Waals surface area contributed by atoms with Gasteiger partial charge in [-0.15, -0.1) is 0 Å². The Morgan fingerprint density at radius 2 is 2.28 bits per heavy atom. The highest BCUT2D eigenvalue weighted by atomic mass is 35.5. The van der Waals surface area contributed by atoms with Crippen molar-refractivity contribution < 1.29 is 9.84 Å². The van der Waals surface area contributed by atoms with Crippen LogP contribution in [0.15, 0.2) is 18.2 Å². The summed E-state index contributed by atoms with van der Waals surface area (Å²) >= 11 is 6.28. The quantitative estimate of drug-likeness (QED) is 0.871. The van der Waals surface area contributed by atoms with Gasteiger partial charge in [0.15, 0.2) is 0 Å². The highest BCUT2D eigenvalue weighted by Crippen LogP contribution is 2.31. The second-order valence-corrected chi connectivity index (χ2v) is 5.02. The molecule has 1 saturated heterocycles. The first-order chi connectivity index (χ1) is 8.65. The summed E-state index contributed by atoms with van der Waals surface area (Å²) in [5.41, 5.74) is 7.75. The predicted molar refractivity (Wildman–Crippen MR) is 73.0 cm³/mol. The molecular formula is C13H19ClN2O2. The number of rotatable bonds is 3. The maximum Gasteiger partial charge on any atom is 0.0984 e. The molecule has 0 aliphatic carbocycles. The highest BCUT2D eigenvalue weighted by molar-refractivity contribution is 6.33. The largest absolute Gasteiger partial charge is 0.394 e. The zero-order valence-electron chi connectivity index (χ0n) is 10.5. The maximum atomic E-state index is 9.26. The van der Waals surface area contributed by atoms with Crippen LogP contribution in [0, 0.1) is 0 Å². The molecule has 1 heterocycles. The third-order valence-corrected chi connectivity index (χ3v) is 3.44. The van der Waals surface area contributed by atoms with Gasteiger partial charge in [0.2, 0.25) is 0 Å². The van der Waals surface area contributed by atoms with Crippen LogP contribution in [0.4, 0.5) is 5.69 Å². The molecule has 18 heavy (non-hydrogen) atoms. The van der Waals surface area contributed by atoms with Crippen LogP contribution in [0.5, 0.6) is 0 Å². The van der Waals surface area contributed by atoms with Crippen LogP contribution < -0.4 is 10.6 Å². The molecule has 2 atom stereocenters. The highest BCUT2D eigenvalue weighted by Gasteiger charge is 2.27. The average molecular weight is 271 g/mol. The Morgan fingerprint density at radius 3 is 2.94 bits per heavy atom. The van der Waals surface area contributed by atoms with Crippen molar-refractivity contribution in [3.63, 3.8) is 0 Å². The van der Waals surface area contributed by atoms with Crippen molar-refractivity contribution in [1.82, 2.24) is 0 Å². The summed E-state index contributed by atoms with van der Waals surface area (Å²) in [6.45, 7) is 3.85. The SMILES string of the molecule is CC1CN(c2c(Cl)cccc2CN)CC(CO)O1. The van der Waals surface area contributed by atoms with Gasteiger partial charge in [0.1, 0.15) is 0 Å². The smallest absolute Gasteiger partial charge is 0.0984 e. The maximum absolute atomic E-state index is 9.26. The molecule has 0 saturated carbocycles. The van der Waals surface area contributed by atoms with E-state index in [1.807, 2.05) is 25.1 Å². The Bertz CT molecular complexity index is 414. The van der Waals surface area contributed by atoms with Crippen molar-refractivity contribution in [2.45, 2.75) is 25.7 Å². The summed E-state index contributed by atoms with van der Waals surface area (Å²) in [5, 5.41) is 9.96. The van der Waals surface area contributed by atoms with Crippen molar-refractivity contribution in [1.29, 1.82) is 0 Å². The van der Waals surface area contributed by atoms with Gasteiger partial charge in [0.05, 0.1) is 29.5 Å². The van der Waals surface area contributed by atoms with Crippen LogP contribution in [0.25, 0.3) is 0 Å². The first-order valence-electron chi connectivity index (χ1n) is 6.14. The molecule has 1 aromatic rings. The number of aliphatic hydroxyl groups is 1. The number of morpholine rings is 1. The van der Waals surface area contributed by atoms with E-state index in [1.54, 1.807) is 0 Å². The van der Waals surface area contributed by atoms with E-state index in [-0.39, 0.29) is 18.8 Å². The zero-order valence-corrected chi connectivity index (χ0v) is 11.2. The van der Waals surface area contributed by atoms with E-state index >= 15 is 0 Å². The predicted octanol–water partition coefficient (Wildman–Crippen LogP) is 1.38. The summed E-state index contributed by atoms with van der Waals surface area (Å²) in [6.07, 6.45) is -0.103. The summed E-state index contributed by atoms with van der Waals surface area (Å²) in [5.74, 6) is 0. The van der Waals surface area contributed by atoms with Crippen molar-refractivity contribution in [3.8, 4) is 0 Å². The Labute approximate surface area is 112 Å². The molecule has 3 N–H and O–H groups in total. The molecule has 2 unspecified atom stereocenters. The standard InChI is InChI=1S/C13H19ClN2O2/c1-9-6-16(7-11(8-17)18-9)13-10(5-15)3-2-4-12(13)14/h2-4,9,11,17H,5-8,15H2,1H3. The first kappa shape index (κ1) is 13.6. The molecule has 4 nitrogen and oxygen atoms in total. The molecule has 0 aromatic heterocycles. The van der Waals surface area contributed by atoms with Crippen LogP contribution in [0.1, 0.15) is 12.5 Å². The molecule has 100 valence electrons. The van der Waals surface area contributed by atoms with Crippen LogP contribution in [-0.4, -0.2) is 37.0 Å². The Morgan fingerprint density at radius 1 is 1.50 bits per heavy atom. The molecular weight excluding hydrogens is 252 g/mol. The van der Waals surface area contributed by atoms with Gasteiger partial charge in [-0.2, -0.15) is 0 Å². The minimum Gasteiger partial charge on any atom is -0.394 e. The van der Waals surface area contributed by atoms with E-state index in [0.29, 0.717) is 18.1 Å². The number of hydrogen-bond donors (Lipinski definition) is 2. The van der Waals surface area contributed by atoms with Gasteiger partial charge in [0, 0.05) is 19.6 Å². The summed E-state index contributed by atoms with van der Waals surface area (Å²) in [4.78, 5) is 2.15. The van der Waals surface area contributed by atoms with E-state index in [9.17, 15) is 5.11 Å². The molecule has 1 aliphatic heterocycles. The molecule has 0 radical (unpaired) electrons. The minimum atomic E-state index is -0.171. The second-order valence-electron chi connectivity index (χ2n) is 4.61. The van der Waals surface area contributed by atoms with Crippen molar-refractivity contribution in [3.05, 3.63) is 28.8 Å². The van der Waals surface area contributed by atoms with Gasteiger partial charge in [0.25, 0.3) is 0 Å². The molecule has 0 amide bonds. The molecule has 1 aromatic carbocycles. The number of para-hydroxylation sites is 1. The van der Waals surface area contributed by atoms with Crippen molar-refractivity contribution in [2.75, 3.05) is 24.6 Å². The molecule has 0 spiro atoms. The fourth-order valence-corrected chi connectivity index (χ4v) is 2.72. The topological polar surface area (TPSA) is 58.7 Å². The summed E-state index contributed by atoms with van der Waals surface area (Å²) in [6, 6.07) is 5.75. The van der Waals surface area contributed by atoms with E-state index in [0.717, 1.165) is 17.8 Å². The average Bonchev–Trinajstić information content (AvgIpc) is 2.37. The van der Waals surface area contributed by atoms with Crippen LogP contribution in [0.2, 0.25) is 5.02 Å². The van der Waals surface area contributed by atoms with Gasteiger partial charge in [-0.3, -0.25) is 0 Å². The lowest BCUT2D eigenvalue weighted by Crippen LogP contribution is -2.48. The number of anilines is 1. The lowest BCUT2D eigenvalue weighted by molar-refractivity contribution is -0.0421. The van der Waals surface area contributed by atoms with E-state index < -0.39 is 0 Å². The summed E-state index contributed by atoms with van der Waals surface area (Å²) < 4.78 is 5.63. The van der Waals surface area contributed by atoms with Gasteiger partial charge in [-0.05, 0) is 18.6 Å². The third-order valence-electron chi connectivity index (χ3n) is 3.14. The van der Waals surface area contributed by atoms with Gasteiger partial charge in [-0.25, -0.2) is 0 Å². The van der Waals surface area contributed by atoms with Crippen LogP contribution in [0.3, 0.4) is 0 Å². The summed E-state index contributed by atoms with van der Waals surface area (Å²) in [7, 11) is 0. The number of hydrogen-bond acceptors (Lipinski definition) is 4. The van der Waals surface area contributed by atoms with E-state index in [4.69, 9.17) is 22.1 Å². The number of halogens is 1. The molecule has 5 heteroatoms. The number of benzene rings is 1.